The summed E-state index contributed by atoms with van der Waals surface area (Å²) in [4.78, 5) is 13.5. The van der Waals surface area contributed by atoms with Gasteiger partial charge in [-0.1, -0.05) is 35.9 Å². The van der Waals surface area contributed by atoms with Gasteiger partial charge in [-0.15, -0.1) is 0 Å². The molecule has 1 amide bonds. The number of carbonyl (C=O) groups is 1. The lowest BCUT2D eigenvalue weighted by atomic mass is 10.3. The highest BCUT2D eigenvalue weighted by Gasteiger charge is 2.33. The minimum Gasteiger partial charge on any atom is -0.443 e. The van der Waals surface area contributed by atoms with Crippen LogP contribution in [0.1, 0.15) is 0 Å². The molecule has 2 aromatic carbocycles. The van der Waals surface area contributed by atoms with E-state index < -0.39 is 22.2 Å². The molecule has 0 aliphatic carbocycles. The van der Waals surface area contributed by atoms with Crippen LogP contribution in [0.5, 0.6) is 0 Å². The molecule has 1 aliphatic rings. The lowest BCUT2D eigenvalue weighted by Crippen LogP contribution is -2.34. The van der Waals surface area contributed by atoms with Crippen LogP contribution in [0, 0.1) is 0 Å². The monoisotopic (exact) mass is 366 g/mol. The lowest BCUT2D eigenvalue weighted by molar-refractivity contribution is 0.143. The number of hydrogen-bond donors (Lipinski definition) is 1. The zero-order valence-corrected chi connectivity index (χ0v) is 14.1. The van der Waals surface area contributed by atoms with Gasteiger partial charge < -0.3 is 4.74 Å². The SMILES string of the molecule is O=C1O[C@@H](CNS(=O)(=O)c2cccc(Cl)c2)CN1c1ccccc1. The second-order valence-electron chi connectivity index (χ2n) is 5.26. The average Bonchev–Trinajstić information content (AvgIpc) is 2.95. The Morgan fingerprint density at radius 2 is 1.92 bits per heavy atom. The molecule has 0 saturated carbocycles. The Morgan fingerprint density at radius 1 is 1.17 bits per heavy atom. The number of ether oxygens (including phenoxy) is 1. The van der Waals surface area contributed by atoms with Crippen molar-refractivity contribution in [3.63, 3.8) is 0 Å². The lowest BCUT2D eigenvalue weighted by Gasteiger charge is -2.13. The zero-order chi connectivity index (χ0) is 17.2. The Bertz CT molecular complexity index is 842. The summed E-state index contributed by atoms with van der Waals surface area (Å²) in [5, 5.41) is 0.334. The smallest absolute Gasteiger partial charge is 0.414 e. The summed E-state index contributed by atoms with van der Waals surface area (Å²) in [7, 11) is -3.71. The third kappa shape index (κ3) is 3.69. The van der Waals surface area contributed by atoms with Crippen LogP contribution in [-0.4, -0.2) is 33.7 Å². The van der Waals surface area contributed by atoms with Gasteiger partial charge in [0.1, 0.15) is 6.10 Å². The fraction of sp³-hybridized carbons (Fsp3) is 0.188. The van der Waals surface area contributed by atoms with E-state index in [9.17, 15) is 13.2 Å². The summed E-state index contributed by atoms with van der Waals surface area (Å²) in [5.74, 6) is 0. The fourth-order valence-electron chi connectivity index (χ4n) is 2.37. The molecule has 8 heteroatoms. The van der Waals surface area contributed by atoms with Crippen molar-refractivity contribution in [2.75, 3.05) is 18.0 Å². The van der Waals surface area contributed by atoms with E-state index in [1.807, 2.05) is 18.2 Å². The molecule has 1 atom stereocenters. The molecule has 1 N–H and O–H groups in total. The molecule has 0 radical (unpaired) electrons. The number of sulfonamides is 1. The number of nitrogens with one attached hydrogen (secondary N) is 1. The van der Waals surface area contributed by atoms with Gasteiger partial charge in [-0.05, 0) is 30.3 Å². The average molecular weight is 367 g/mol. The van der Waals surface area contributed by atoms with E-state index in [-0.39, 0.29) is 18.0 Å². The number of benzene rings is 2. The normalized spacial score (nSPS) is 17.8. The molecule has 1 saturated heterocycles. The van der Waals surface area contributed by atoms with Crippen molar-refractivity contribution in [3.05, 3.63) is 59.6 Å². The second kappa shape index (κ2) is 6.80. The van der Waals surface area contributed by atoms with Crippen LogP contribution in [0.3, 0.4) is 0 Å². The predicted octanol–water partition coefficient (Wildman–Crippen LogP) is 2.64. The van der Waals surface area contributed by atoms with Gasteiger partial charge in [0.05, 0.1) is 11.4 Å². The van der Waals surface area contributed by atoms with Crippen molar-refractivity contribution in [3.8, 4) is 0 Å². The van der Waals surface area contributed by atoms with Gasteiger partial charge in [-0.3, -0.25) is 4.90 Å². The Morgan fingerprint density at radius 3 is 2.62 bits per heavy atom. The van der Waals surface area contributed by atoms with Crippen molar-refractivity contribution in [1.82, 2.24) is 4.72 Å². The Kier molecular flexibility index (Phi) is 4.75. The number of para-hydroxylation sites is 1. The number of anilines is 1. The van der Waals surface area contributed by atoms with Gasteiger partial charge in [0.25, 0.3) is 0 Å². The predicted molar refractivity (Wildman–Crippen MR) is 90.7 cm³/mol. The van der Waals surface area contributed by atoms with Crippen molar-refractivity contribution in [1.29, 1.82) is 0 Å². The summed E-state index contributed by atoms with van der Waals surface area (Å²) < 4.78 is 32.2. The molecular weight excluding hydrogens is 352 g/mol. The molecule has 3 rings (SSSR count). The quantitative estimate of drug-likeness (QED) is 0.882. The number of amides is 1. The molecular formula is C16H15ClN2O4S. The topological polar surface area (TPSA) is 75.7 Å². The highest BCUT2D eigenvalue weighted by Crippen LogP contribution is 2.21. The molecule has 126 valence electrons. The summed E-state index contributed by atoms with van der Waals surface area (Å²) in [6.45, 7) is 0.269. The molecule has 0 spiro atoms. The van der Waals surface area contributed by atoms with Crippen molar-refractivity contribution < 1.29 is 17.9 Å². The fourth-order valence-corrected chi connectivity index (χ4v) is 3.73. The standard InChI is InChI=1S/C16H15ClN2O4S/c17-12-5-4-8-15(9-12)24(21,22)18-10-14-11-19(16(20)23-14)13-6-2-1-3-7-13/h1-9,14,18H,10-11H2/t14-/m0/s1. The van der Waals surface area contributed by atoms with Crippen LogP contribution in [0.15, 0.2) is 59.5 Å². The van der Waals surface area contributed by atoms with Crippen LogP contribution in [-0.2, 0) is 14.8 Å². The Balaban J connectivity index is 1.65. The largest absolute Gasteiger partial charge is 0.443 e. The summed E-state index contributed by atoms with van der Waals surface area (Å²) in [6.07, 6.45) is -1.06. The summed E-state index contributed by atoms with van der Waals surface area (Å²) in [6, 6.07) is 15.0. The molecule has 1 fully saturated rings. The number of carbonyl (C=O) groups excluding carboxylic acids is 1. The summed E-state index contributed by atoms with van der Waals surface area (Å²) >= 11 is 5.82. The van der Waals surface area contributed by atoms with Gasteiger partial charge >= 0.3 is 6.09 Å². The molecule has 2 aromatic rings. The van der Waals surface area contributed by atoms with Crippen LogP contribution in [0.4, 0.5) is 10.5 Å². The molecule has 1 aliphatic heterocycles. The number of halogens is 1. The van der Waals surface area contributed by atoms with Crippen molar-refractivity contribution >= 4 is 33.4 Å². The first-order chi connectivity index (χ1) is 11.5. The van der Waals surface area contributed by atoms with E-state index in [0.717, 1.165) is 0 Å². The number of hydrogen-bond acceptors (Lipinski definition) is 4. The highest BCUT2D eigenvalue weighted by atomic mass is 35.5. The van der Waals surface area contributed by atoms with Crippen molar-refractivity contribution in [2.24, 2.45) is 0 Å². The number of cyclic esters (lactones) is 1. The third-order valence-corrected chi connectivity index (χ3v) is 5.21. The van der Waals surface area contributed by atoms with E-state index in [0.29, 0.717) is 10.7 Å². The first-order valence-corrected chi connectivity index (χ1v) is 9.10. The zero-order valence-electron chi connectivity index (χ0n) is 12.6. The third-order valence-electron chi connectivity index (χ3n) is 3.55. The van der Waals surface area contributed by atoms with Gasteiger partial charge in [-0.25, -0.2) is 17.9 Å². The highest BCUT2D eigenvalue weighted by molar-refractivity contribution is 7.89. The van der Waals surface area contributed by atoms with E-state index >= 15 is 0 Å². The summed E-state index contributed by atoms with van der Waals surface area (Å²) in [5.41, 5.74) is 0.711. The van der Waals surface area contributed by atoms with Gasteiger partial charge in [0.15, 0.2) is 0 Å². The molecule has 0 aromatic heterocycles. The maximum atomic E-state index is 12.3. The van der Waals surface area contributed by atoms with Gasteiger partial charge in [0.2, 0.25) is 10.0 Å². The minimum absolute atomic E-state index is 0.01000. The molecule has 0 unspecified atom stereocenters. The van der Waals surface area contributed by atoms with Crippen LogP contribution in [0.2, 0.25) is 5.02 Å². The molecule has 0 bridgehead atoms. The Hall–Kier alpha value is -2.09. The minimum atomic E-state index is -3.71. The first-order valence-electron chi connectivity index (χ1n) is 7.24. The first kappa shape index (κ1) is 16.8. The van der Waals surface area contributed by atoms with Crippen molar-refractivity contribution in [2.45, 2.75) is 11.0 Å². The van der Waals surface area contributed by atoms with Crippen LogP contribution in [0.25, 0.3) is 0 Å². The number of rotatable bonds is 5. The van der Waals surface area contributed by atoms with E-state index in [4.69, 9.17) is 16.3 Å². The number of nitrogens with zero attached hydrogens (tertiary/aromatic N) is 1. The Labute approximate surface area is 145 Å². The maximum Gasteiger partial charge on any atom is 0.414 e. The maximum absolute atomic E-state index is 12.3. The van der Waals surface area contributed by atoms with Crippen LogP contribution < -0.4 is 9.62 Å². The molecule has 1 heterocycles. The second-order valence-corrected chi connectivity index (χ2v) is 7.46. The van der Waals surface area contributed by atoms with E-state index in [1.165, 1.54) is 17.0 Å². The molecule has 6 nitrogen and oxygen atoms in total. The van der Waals surface area contributed by atoms with E-state index in [2.05, 4.69) is 4.72 Å². The van der Waals surface area contributed by atoms with E-state index in [1.54, 1.807) is 24.3 Å². The van der Waals surface area contributed by atoms with Crippen LogP contribution >= 0.6 is 11.6 Å². The van der Waals surface area contributed by atoms with Gasteiger partial charge in [-0.2, -0.15) is 0 Å². The molecule has 24 heavy (non-hydrogen) atoms. The van der Waals surface area contributed by atoms with Gasteiger partial charge in [0, 0.05) is 17.3 Å².